The van der Waals surface area contributed by atoms with Gasteiger partial charge in [0.25, 0.3) is 0 Å². The zero-order chi connectivity index (χ0) is 16.2. The summed E-state index contributed by atoms with van der Waals surface area (Å²) in [5, 5.41) is 9.84. The van der Waals surface area contributed by atoms with Crippen molar-refractivity contribution >= 4 is 10.9 Å². The van der Waals surface area contributed by atoms with Crippen LogP contribution in [0.4, 0.5) is 0 Å². The second kappa shape index (κ2) is 7.18. The van der Waals surface area contributed by atoms with E-state index >= 15 is 0 Å². The summed E-state index contributed by atoms with van der Waals surface area (Å²) in [5.74, 6) is 0. The van der Waals surface area contributed by atoms with Gasteiger partial charge in [0.05, 0.1) is 6.20 Å². The summed E-state index contributed by atoms with van der Waals surface area (Å²) in [5.41, 5.74) is 3.24. The van der Waals surface area contributed by atoms with Crippen LogP contribution in [-0.2, 0) is 6.54 Å². The summed E-state index contributed by atoms with van der Waals surface area (Å²) in [6.07, 6.45) is 10.6. The van der Waals surface area contributed by atoms with Gasteiger partial charge in [0.15, 0.2) is 0 Å². The Labute approximate surface area is 142 Å². The number of fused-ring (bicyclic) bond motifs is 1. The molecule has 5 heteroatoms. The van der Waals surface area contributed by atoms with Crippen LogP contribution in [0.2, 0.25) is 0 Å². The second-order valence-corrected chi connectivity index (χ2v) is 6.76. The molecule has 5 nitrogen and oxygen atoms in total. The lowest BCUT2D eigenvalue weighted by Crippen LogP contribution is -2.30. The van der Waals surface area contributed by atoms with E-state index < -0.39 is 0 Å². The average molecular weight is 323 g/mol. The molecular formula is C19H25N5. The Hall–Kier alpha value is -2.14. The first-order valence-electron chi connectivity index (χ1n) is 9.08. The fourth-order valence-corrected chi connectivity index (χ4v) is 3.54. The van der Waals surface area contributed by atoms with Crippen molar-refractivity contribution in [1.29, 1.82) is 0 Å². The summed E-state index contributed by atoms with van der Waals surface area (Å²) < 4.78 is 1.98. The smallest absolute Gasteiger partial charge is 0.113 e. The Bertz CT molecular complexity index is 782. The molecule has 3 heterocycles. The molecular weight excluding hydrogens is 298 g/mol. The van der Waals surface area contributed by atoms with Crippen LogP contribution >= 0.6 is 0 Å². The number of hydrogen-bond acceptors (Lipinski definition) is 3. The Morgan fingerprint density at radius 3 is 2.79 bits per heavy atom. The van der Waals surface area contributed by atoms with Gasteiger partial charge >= 0.3 is 0 Å². The standard InChI is InChI=1S/C19H25N5/c1-2-10-23(11-3-1)12-4-5-13-24-15-19(21-22-24)16-6-7-18-17(14-16)8-9-20-18/h6-9,14-15,20H,1-5,10-13H2. The molecule has 0 amide bonds. The second-order valence-electron chi connectivity index (χ2n) is 6.76. The predicted octanol–water partition coefficient (Wildman–Crippen LogP) is 3.69. The Balaban J connectivity index is 1.31. The number of hydrogen-bond donors (Lipinski definition) is 1. The number of likely N-dealkylation sites (tertiary alicyclic amines) is 1. The maximum atomic E-state index is 4.34. The topological polar surface area (TPSA) is 49.7 Å². The van der Waals surface area contributed by atoms with E-state index in [1.807, 2.05) is 10.9 Å². The van der Waals surface area contributed by atoms with E-state index in [1.54, 1.807) is 0 Å². The summed E-state index contributed by atoms with van der Waals surface area (Å²) in [6.45, 7) is 4.75. The molecule has 1 aliphatic heterocycles. The van der Waals surface area contributed by atoms with Crippen LogP contribution in [0.1, 0.15) is 32.1 Å². The van der Waals surface area contributed by atoms with E-state index in [-0.39, 0.29) is 0 Å². The number of nitrogens with zero attached hydrogens (tertiary/aromatic N) is 4. The molecule has 0 aliphatic carbocycles. The summed E-state index contributed by atoms with van der Waals surface area (Å²) in [6, 6.07) is 8.45. The van der Waals surface area contributed by atoms with E-state index in [9.17, 15) is 0 Å². The van der Waals surface area contributed by atoms with Crippen molar-refractivity contribution in [2.75, 3.05) is 19.6 Å². The zero-order valence-electron chi connectivity index (χ0n) is 14.1. The number of aryl methyl sites for hydroxylation is 1. The molecule has 0 unspecified atom stereocenters. The SMILES string of the molecule is c1cc2cc(-c3cn(CCCCN4CCCCC4)nn3)ccc2[nH]1. The van der Waals surface area contributed by atoms with Gasteiger partial charge in [-0.15, -0.1) is 5.10 Å². The minimum absolute atomic E-state index is 0.952. The van der Waals surface area contributed by atoms with Gasteiger partial charge in [0.2, 0.25) is 0 Å². The van der Waals surface area contributed by atoms with E-state index in [1.165, 1.54) is 50.7 Å². The molecule has 24 heavy (non-hydrogen) atoms. The fourth-order valence-electron chi connectivity index (χ4n) is 3.54. The van der Waals surface area contributed by atoms with Crippen LogP contribution in [0.25, 0.3) is 22.2 Å². The molecule has 0 atom stereocenters. The Morgan fingerprint density at radius 2 is 1.88 bits per heavy atom. The van der Waals surface area contributed by atoms with Crippen molar-refractivity contribution in [3.8, 4) is 11.3 Å². The third kappa shape index (κ3) is 3.51. The molecule has 1 aromatic carbocycles. The highest BCUT2D eigenvalue weighted by Crippen LogP contribution is 2.22. The molecule has 0 radical (unpaired) electrons. The summed E-state index contributed by atoms with van der Waals surface area (Å²) in [7, 11) is 0. The van der Waals surface area contributed by atoms with Crippen LogP contribution in [0, 0.1) is 0 Å². The molecule has 1 aliphatic rings. The van der Waals surface area contributed by atoms with Crippen molar-refractivity contribution in [3.63, 3.8) is 0 Å². The van der Waals surface area contributed by atoms with Gasteiger partial charge in [0.1, 0.15) is 5.69 Å². The molecule has 1 N–H and O–H groups in total. The number of rotatable bonds is 6. The molecule has 4 rings (SSSR count). The number of unbranched alkanes of at least 4 members (excludes halogenated alkanes) is 1. The van der Waals surface area contributed by atoms with Crippen LogP contribution in [0.15, 0.2) is 36.7 Å². The highest BCUT2D eigenvalue weighted by atomic mass is 15.4. The van der Waals surface area contributed by atoms with Crippen LogP contribution < -0.4 is 0 Å². The largest absolute Gasteiger partial charge is 0.361 e. The van der Waals surface area contributed by atoms with Gasteiger partial charge in [-0.3, -0.25) is 4.68 Å². The molecule has 0 bridgehead atoms. The third-order valence-corrected chi connectivity index (χ3v) is 4.95. The lowest BCUT2D eigenvalue weighted by atomic mass is 10.1. The first-order valence-corrected chi connectivity index (χ1v) is 9.08. The van der Waals surface area contributed by atoms with E-state index in [4.69, 9.17) is 0 Å². The van der Waals surface area contributed by atoms with Crippen LogP contribution in [0.3, 0.4) is 0 Å². The normalized spacial score (nSPS) is 16.0. The van der Waals surface area contributed by atoms with E-state index in [2.05, 4.69) is 50.7 Å². The third-order valence-electron chi connectivity index (χ3n) is 4.95. The van der Waals surface area contributed by atoms with Gasteiger partial charge in [-0.05, 0) is 63.5 Å². The van der Waals surface area contributed by atoms with Crippen LogP contribution in [0.5, 0.6) is 0 Å². The Morgan fingerprint density at radius 1 is 1.00 bits per heavy atom. The van der Waals surface area contributed by atoms with Gasteiger partial charge in [0, 0.05) is 29.2 Å². The van der Waals surface area contributed by atoms with Gasteiger partial charge in [-0.25, -0.2) is 0 Å². The minimum atomic E-state index is 0.952. The molecule has 126 valence electrons. The van der Waals surface area contributed by atoms with Crippen molar-refractivity contribution in [1.82, 2.24) is 24.9 Å². The van der Waals surface area contributed by atoms with Crippen molar-refractivity contribution in [2.45, 2.75) is 38.6 Å². The van der Waals surface area contributed by atoms with Gasteiger partial charge in [-0.1, -0.05) is 17.7 Å². The average Bonchev–Trinajstić information content (AvgIpc) is 3.28. The Kier molecular flexibility index (Phi) is 4.60. The number of nitrogens with one attached hydrogen (secondary N) is 1. The number of H-pyrrole nitrogens is 1. The molecule has 1 fully saturated rings. The first kappa shape index (κ1) is 15.4. The van der Waals surface area contributed by atoms with Crippen molar-refractivity contribution in [2.24, 2.45) is 0 Å². The maximum absolute atomic E-state index is 4.34. The maximum Gasteiger partial charge on any atom is 0.113 e. The lowest BCUT2D eigenvalue weighted by molar-refractivity contribution is 0.223. The summed E-state index contributed by atoms with van der Waals surface area (Å²) >= 11 is 0. The van der Waals surface area contributed by atoms with Crippen LogP contribution in [-0.4, -0.2) is 44.5 Å². The molecule has 0 spiro atoms. The molecule has 1 saturated heterocycles. The number of aromatic nitrogens is 4. The fraction of sp³-hybridized carbons (Fsp3) is 0.474. The number of piperidine rings is 1. The van der Waals surface area contributed by atoms with Gasteiger partial charge in [-0.2, -0.15) is 0 Å². The molecule has 2 aromatic heterocycles. The quantitative estimate of drug-likeness (QED) is 0.704. The lowest BCUT2D eigenvalue weighted by Gasteiger charge is -2.26. The predicted molar refractivity (Wildman–Crippen MR) is 96.8 cm³/mol. The summed E-state index contributed by atoms with van der Waals surface area (Å²) in [4.78, 5) is 5.82. The highest BCUT2D eigenvalue weighted by molar-refractivity contribution is 5.84. The van der Waals surface area contributed by atoms with E-state index in [0.717, 1.165) is 29.7 Å². The molecule has 3 aromatic rings. The van der Waals surface area contributed by atoms with E-state index in [0.29, 0.717) is 0 Å². The minimum Gasteiger partial charge on any atom is -0.361 e. The van der Waals surface area contributed by atoms with Gasteiger partial charge < -0.3 is 9.88 Å². The number of benzene rings is 1. The molecule has 0 saturated carbocycles. The first-order chi connectivity index (χ1) is 11.9. The monoisotopic (exact) mass is 323 g/mol. The highest BCUT2D eigenvalue weighted by Gasteiger charge is 2.09. The van der Waals surface area contributed by atoms with Crippen molar-refractivity contribution < 1.29 is 0 Å². The number of aromatic amines is 1. The zero-order valence-corrected chi connectivity index (χ0v) is 14.1. The van der Waals surface area contributed by atoms with Crippen molar-refractivity contribution in [3.05, 3.63) is 36.7 Å².